The molecule has 0 spiro atoms. The van der Waals surface area contributed by atoms with Crippen LogP contribution >= 0.6 is 0 Å². The Balaban J connectivity index is 0.000000521. The van der Waals surface area contributed by atoms with E-state index in [1.54, 1.807) is 0 Å². The molecule has 0 aromatic carbocycles. The minimum absolute atomic E-state index is 0.333. The highest BCUT2D eigenvalue weighted by Gasteiger charge is 2.42. The van der Waals surface area contributed by atoms with E-state index in [4.69, 9.17) is 29.3 Å². The predicted octanol–water partition coefficient (Wildman–Crippen LogP) is -0.122. The van der Waals surface area contributed by atoms with Gasteiger partial charge in [-0.05, 0) is 68.2 Å². The zero-order valence-corrected chi connectivity index (χ0v) is 23.4. The Morgan fingerprint density at radius 3 is 1.06 bits per heavy atom. The Morgan fingerprint density at radius 1 is 0.647 bits per heavy atom. The van der Waals surface area contributed by atoms with Gasteiger partial charge in [-0.1, -0.05) is 13.8 Å². The van der Waals surface area contributed by atoms with Crippen molar-refractivity contribution < 1.29 is 39.9 Å². The van der Waals surface area contributed by atoms with Crippen LogP contribution in [-0.4, -0.2) is 59.5 Å². The lowest BCUT2D eigenvalue weighted by atomic mass is 9.81. The predicted molar refractivity (Wildman–Crippen MR) is 129 cm³/mol. The molecule has 2 fully saturated rings. The molecule has 4 N–H and O–H groups in total. The summed E-state index contributed by atoms with van der Waals surface area (Å²) >= 11 is 0. The minimum Gasteiger partial charge on any atom is -0.543 e. The third-order valence-corrected chi connectivity index (χ3v) is 5.86. The fourth-order valence-corrected chi connectivity index (χ4v) is 5.65. The van der Waals surface area contributed by atoms with Crippen LogP contribution in [0.5, 0.6) is 0 Å². The van der Waals surface area contributed by atoms with Crippen molar-refractivity contribution in [2.75, 3.05) is 13.2 Å². The number of hydrogen-bond acceptors (Lipinski definition) is 6. The van der Waals surface area contributed by atoms with Crippen LogP contribution in [0.3, 0.4) is 0 Å². The van der Waals surface area contributed by atoms with Crippen LogP contribution in [0.25, 0.3) is 0 Å². The maximum Gasteiger partial charge on any atom is 0.0933 e. The molecule has 0 unspecified atom stereocenters. The van der Waals surface area contributed by atoms with Gasteiger partial charge in [-0.3, -0.25) is 0 Å². The maximum atomic E-state index is 8.93. The van der Waals surface area contributed by atoms with Gasteiger partial charge in [0.1, 0.15) is 0 Å². The molecule has 202 valence electrons. The SMILES string of the molecule is CCCOC1CC(C)(C)[NH2+]C(C)(C)C1.CCCOC1CC(C)(C)[NH2+]C(C)(C)C1.O=C([O-])C(=O)[O-]. The number of carbonyl (C=O) groups excluding carboxylic acids is 2. The Labute approximate surface area is 207 Å². The molecule has 0 radical (unpaired) electrons. The number of piperidine rings is 2. The molecule has 8 nitrogen and oxygen atoms in total. The van der Waals surface area contributed by atoms with Crippen LogP contribution in [0.1, 0.15) is 108 Å². The van der Waals surface area contributed by atoms with Crippen molar-refractivity contribution in [2.24, 2.45) is 0 Å². The molecular weight excluding hydrogens is 436 g/mol. The quantitative estimate of drug-likeness (QED) is 0.501. The van der Waals surface area contributed by atoms with Crippen molar-refractivity contribution in [3.63, 3.8) is 0 Å². The summed E-state index contributed by atoms with van der Waals surface area (Å²) < 4.78 is 11.8. The van der Waals surface area contributed by atoms with Gasteiger partial charge in [0.25, 0.3) is 0 Å². The molecule has 0 amide bonds. The number of rotatable bonds is 6. The summed E-state index contributed by atoms with van der Waals surface area (Å²) in [6, 6.07) is 0. The zero-order valence-electron chi connectivity index (χ0n) is 23.4. The summed E-state index contributed by atoms with van der Waals surface area (Å²) in [4.78, 5) is 17.9. The second-order valence-corrected chi connectivity index (χ2v) is 12.6. The van der Waals surface area contributed by atoms with Crippen LogP contribution in [0, 0.1) is 0 Å². The van der Waals surface area contributed by atoms with E-state index in [0.29, 0.717) is 34.4 Å². The first-order valence-electron chi connectivity index (χ1n) is 12.7. The number of carboxylic acids is 2. The topological polar surface area (TPSA) is 132 Å². The van der Waals surface area contributed by atoms with Crippen LogP contribution in [0.4, 0.5) is 0 Å². The summed E-state index contributed by atoms with van der Waals surface area (Å²) in [6.07, 6.45) is 7.89. The lowest BCUT2D eigenvalue weighted by Gasteiger charge is -2.42. The molecule has 2 rings (SSSR count). The van der Waals surface area contributed by atoms with Crippen molar-refractivity contribution in [1.29, 1.82) is 0 Å². The molecule has 2 saturated heterocycles. The summed E-state index contributed by atoms with van der Waals surface area (Å²) in [6.45, 7) is 24.7. The second-order valence-electron chi connectivity index (χ2n) is 12.6. The van der Waals surface area contributed by atoms with Gasteiger partial charge in [0.15, 0.2) is 0 Å². The van der Waals surface area contributed by atoms with Gasteiger partial charge in [-0.2, -0.15) is 0 Å². The summed E-state index contributed by atoms with van der Waals surface area (Å²) in [7, 11) is 0. The van der Waals surface area contributed by atoms with E-state index in [1.807, 2.05) is 0 Å². The first-order chi connectivity index (χ1) is 15.3. The summed E-state index contributed by atoms with van der Waals surface area (Å²) in [5, 5.41) is 22.8. The van der Waals surface area contributed by atoms with E-state index in [2.05, 4.69) is 79.9 Å². The van der Waals surface area contributed by atoms with E-state index < -0.39 is 11.9 Å². The van der Waals surface area contributed by atoms with Crippen molar-refractivity contribution >= 4 is 11.9 Å². The van der Waals surface area contributed by atoms with E-state index in [-0.39, 0.29) is 0 Å². The van der Waals surface area contributed by atoms with Crippen LogP contribution in [0.15, 0.2) is 0 Å². The Morgan fingerprint density at radius 2 is 0.882 bits per heavy atom. The lowest BCUT2D eigenvalue weighted by Crippen LogP contribution is -3.06. The van der Waals surface area contributed by atoms with Crippen molar-refractivity contribution in [2.45, 2.75) is 142 Å². The number of aliphatic carboxylic acids is 2. The van der Waals surface area contributed by atoms with Crippen LogP contribution in [-0.2, 0) is 19.1 Å². The third-order valence-electron chi connectivity index (χ3n) is 5.86. The molecule has 8 heteroatoms. The molecule has 0 aromatic heterocycles. The number of nitrogens with two attached hydrogens (primary N) is 2. The van der Waals surface area contributed by atoms with Gasteiger partial charge >= 0.3 is 0 Å². The van der Waals surface area contributed by atoms with Gasteiger partial charge in [0, 0.05) is 38.9 Å². The molecule has 2 heterocycles. The molecule has 0 saturated carbocycles. The average molecular weight is 489 g/mol. The number of carbonyl (C=O) groups is 2. The second kappa shape index (κ2) is 13.8. The fraction of sp³-hybridized carbons (Fsp3) is 0.923. The molecule has 0 bridgehead atoms. The van der Waals surface area contributed by atoms with E-state index in [9.17, 15) is 0 Å². The van der Waals surface area contributed by atoms with Gasteiger partial charge in [0.2, 0.25) is 0 Å². The van der Waals surface area contributed by atoms with Gasteiger partial charge < -0.3 is 39.9 Å². The minimum atomic E-state index is -2.19. The summed E-state index contributed by atoms with van der Waals surface area (Å²) in [5.74, 6) is -4.37. The number of quaternary nitrogens is 2. The van der Waals surface area contributed by atoms with Crippen LogP contribution in [0.2, 0.25) is 0 Å². The Kier molecular flexibility index (Phi) is 13.3. The van der Waals surface area contributed by atoms with Crippen molar-refractivity contribution in [3.8, 4) is 0 Å². The van der Waals surface area contributed by atoms with Gasteiger partial charge in [-0.15, -0.1) is 0 Å². The van der Waals surface area contributed by atoms with Crippen molar-refractivity contribution in [3.05, 3.63) is 0 Å². The van der Waals surface area contributed by atoms with E-state index in [0.717, 1.165) is 26.1 Å². The van der Waals surface area contributed by atoms with E-state index in [1.165, 1.54) is 25.7 Å². The first-order valence-corrected chi connectivity index (χ1v) is 12.7. The zero-order chi connectivity index (χ0) is 26.8. The fourth-order valence-electron chi connectivity index (χ4n) is 5.65. The Bertz CT molecular complexity index is 545. The molecule has 0 aromatic rings. The molecule has 34 heavy (non-hydrogen) atoms. The van der Waals surface area contributed by atoms with E-state index >= 15 is 0 Å². The molecular formula is C26H52N2O6. The monoisotopic (exact) mass is 488 g/mol. The van der Waals surface area contributed by atoms with Gasteiger partial charge in [0.05, 0.1) is 46.3 Å². The normalized spacial score (nSPS) is 23.0. The standard InChI is InChI=1S/2C12H25NO.C2H2O4/c2*1-6-7-14-10-8-11(2,3)13-12(4,5)9-10;3-1(4)2(5)6/h2*10,13H,6-9H2,1-5H3;(H,3,4)(H,5,6). The third kappa shape index (κ3) is 14.9. The number of carboxylic acid groups (broad SMARTS) is 2. The highest BCUT2D eigenvalue weighted by molar-refractivity contribution is 6.25. The smallest absolute Gasteiger partial charge is 0.0933 e. The highest BCUT2D eigenvalue weighted by Crippen LogP contribution is 2.25. The van der Waals surface area contributed by atoms with Crippen LogP contribution < -0.4 is 20.8 Å². The van der Waals surface area contributed by atoms with Gasteiger partial charge in [-0.25, -0.2) is 0 Å². The van der Waals surface area contributed by atoms with Crippen molar-refractivity contribution in [1.82, 2.24) is 0 Å². The number of ether oxygens (including phenoxy) is 2. The maximum absolute atomic E-state index is 8.93. The Hall–Kier alpha value is -1.22. The molecule has 0 atom stereocenters. The summed E-state index contributed by atoms with van der Waals surface area (Å²) in [5.41, 5.74) is 1.33. The molecule has 2 aliphatic heterocycles. The average Bonchev–Trinajstić information content (AvgIpc) is 2.60. The number of hydrogen-bond donors (Lipinski definition) is 2. The highest BCUT2D eigenvalue weighted by atomic mass is 16.5. The molecule has 2 aliphatic rings. The first kappa shape index (κ1) is 32.8. The lowest BCUT2D eigenvalue weighted by molar-refractivity contribution is -0.790. The largest absolute Gasteiger partial charge is 0.543 e. The molecule has 0 aliphatic carbocycles.